The minimum atomic E-state index is -0.374. The first kappa shape index (κ1) is 19.9. The average Bonchev–Trinajstić information content (AvgIpc) is 3.03. The molecule has 0 aromatic heterocycles. The SMILES string of the molecule is COc1ccc(NC(=O)c2ccc3c(c2)C(=O)N(C2CCCCC2)C3=O)cc1OC. The van der Waals surface area contributed by atoms with E-state index in [1.807, 2.05) is 0 Å². The Morgan fingerprint density at radius 1 is 0.900 bits per heavy atom. The summed E-state index contributed by atoms with van der Waals surface area (Å²) in [4.78, 5) is 39.9. The van der Waals surface area contributed by atoms with E-state index in [-0.39, 0.29) is 23.8 Å². The van der Waals surface area contributed by atoms with Crippen molar-refractivity contribution in [3.63, 3.8) is 0 Å². The van der Waals surface area contributed by atoms with E-state index < -0.39 is 0 Å². The summed E-state index contributed by atoms with van der Waals surface area (Å²) in [5.41, 5.74) is 1.51. The Bertz CT molecular complexity index is 1010. The molecule has 0 unspecified atom stereocenters. The van der Waals surface area contributed by atoms with Gasteiger partial charge in [0.05, 0.1) is 25.3 Å². The number of rotatable bonds is 5. The molecule has 2 aliphatic rings. The number of fused-ring (bicyclic) bond motifs is 1. The lowest BCUT2D eigenvalue weighted by atomic mass is 9.94. The van der Waals surface area contributed by atoms with E-state index in [1.165, 1.54) is 25.2 Å². The second-order valence-electron chi connectivity index (χ2n) is 7.56. The van der Waals surface area contributed by atoms with Gasteiger partial charge in [-0.25, -0.2) is 0 Å². The maximum Gasteiger partial charge on any atom is 0.261 e. The minimum Gasteiger partial charge on any atom is -0.493 e. The van der Waals surface area contributed by atoms with E-state index in [0.29, 0.717) is 33.9 Å². The first-order valence-electron chi connectivity index (χ1n) is 10.1. The predicted octanol–water partition coefficient (Wildman–Crippen LogP) is 3.88. The lowest BCUT2D eigenvalue weighted by Crippen LogP contribution is -2.40. The molecule has 1 N–H and O–H groups in total. The lowest BCUT2D eigenvalue weighted by molar-refractivity contribution is 0.0549. The number of ether oxygens (including phenoxy) is 2. The average molecular weight is 408 g/mol. The van der Waals surface area contributed by atoms with Crippen LogP contribution in [0, 0.1) is 0 Å². The maximum absolute atomic E-state index is 12.9. The van der Waals surface area contributed by atoms with Gasteiger partial charge in [-0.1, -0.05) is 19.3 Å². The molecule has 0 bridgehead atoms. The molecule has 0 radical (unpaired) electrons. The van der Waals surface area contributed by atoms with Gasteiger partial charge in [-0.3, -0.25) is 19.3 Å². The van der Waals surface area contributed by atoms with Crippen LogP contribution in [0.1, 0.15) is 63.2 Å². The van der Waals surface area contributed by atoms with Crippen LogP contribution in [0.2, 0.25) is 0 Å². The van der Waals surface area contributed by atoms with Crippen LogP contribution in [-0.2, 0) is 0 Å². The fourth-order valence-corrected chi connectivity index (χ4v) is 4.19. The molecular formula is C23H24N2O5. The Morgan fingerprint density at radius 3 is 2.30 bits per heavy atom. The normalized spacial score (nSPS) is 16.4. The molecule has 7 nitrogen and oxygen atoms in total. The number of amides is 3. The van der Waals surface area contributed by atoms with Crippen LogP contribution in [0.3, 0.4) is 0 Å². The number of hydrogen-bond acceptors (Lipinski definition) is 5. The zero-order valence-electron chi connectivity index (χ0n) is 17.1. The number of nitrogens with one attached hydrogen (secondary N) is 1. The van der Waals surface area contributed by atoms with Crippen molar-refractivity contribution in [2.45, 2.75) is 38.1 Å². The molecule has 156 valence electrons. The highest BCUT2D eigenvalue weighted by atomic mass is 16.5. The smallest absolute Gasteiger partial charge is 0.261 e. The van der Waals surface area contributed by atoms with Gasteiger partial charge in [-0.05, 0) is 43.2 Å². The lowest BCUT2D eigenvalue weighted by Gasteiger charge is -2.29. The van der Waals surface area contributed by atoms with Crippen molar-refractivity contribution in [3.05, 3.63) is 53.1 Å². The Balaban J connectivity index is 1.55. The third-order valence-corrected chi connectivity index (χ3v) is 5.76. The number of anilines is 1. The van der Waals surface area contributed by atoms with Crippen molar-refractivity contribution in [3.8, 4) is 11.5 Å². The van der Waals surface area contributed by atoms with Crippen LogP contribution in [0.15, 0.2) is 36.4 Å². The number of methoxy groups -OCH3 is 2. The maximum atomic E-state index is 12.9. The minimum absolute atomic E-state index is 0.0461. The summed E-state index contributed by atoms with van der Waals surface area (Å²) in [6.07, 6.45) is 4.88. The molecule has 0 saturated heterocycles. The summed E-state index contributed by atoms with van der Waals surface area (Å²) in [5, 5.41) is 2.79. The molecule has 0 spiro atoms. The fourth-order valence-electron chi connectivity index (χ4n) is 4.19. The Kier molecular flexibility index (Phi) is 5.44. The van der Waals surface area contributed by atoms with Gasteiger partial charge in [0, 0.05) is 23.4 Å². The highest BCUT2D eigenvalue weighted by Gasteiger charge is 2.40. The number of hydrogen-bond donors (Lipinski definition) is 1. The zero-order chi connectivity index (χ0) is 21.3. The Labute approximate surface area is 175 Å². The van der Waals surface area contributed by atoms with Gasteiger partial charge in [0.15, 0.2) is 11.5 Å². The standard InChI is InChI=1S/C23H24N2O5/c1-29-19-11-9-15(13-20(19)30-2)24-21(26)14-8-10-17-18(12-14)23(28)25(22(17)27)16-6-4-3-5-7-16/h8-13,16H,3-7H2,1-2H3,(H,24,26). The predicted molar refractivity (Wildman–Crippen MR) is 111 cm³/mol. The van der Waals surface area contributed by atoms with Crippen LogP contribution < -0.4 is 14.8 Å². The summed E-state index contributed by atoms with van der Waals surface area (Å²) in [5.74, 6) is 0.117. The van der Waals surface area contributed by atoms with Crippen LogP contribution in [-0.4, -0.2) is 42.9 Å². The molecule has 2 aromatic carbocycles. The second kappa shape index (κ2) is 8.18. The molecule has 1 aliphatic heterocycles. The van der Waals surface area contributed by atoms with Crippen LogP contribution >= 0.6 is 0 Å². The zero-order valence-corrected chi connectivity index (χ0v) is 17.1. The van der Waals surface area contributed by atoms with Gasteiger partial charge in [0.25, 0.3) is 17.7 Å². The monoisotopic (exact) mass is 408 g/mol. The third-order valence-electron chi connectivity index (χ3n) is 5.76. The fraction of sp³-hybridized carbons (Fsp3) is 0.348. The molecule has 1 aliphatic carbocycles. The first-order chi connectivity index (χ1) is 14.5. The van der Waals surface area contributed by atoms with Crippen molar-refractivity contribution >= 4 is 23.4 Å². The number of imide groups is 1. The number of nitrogens with zero attached hydrogens (tertiary/aromatic N) is 1. The number of benzene rings is 2. The Morgan fingerprint density at radius 2 is 1.60 bits per heavy atom. The van der Waals surface area contributed by atoms with E-state index in [0.717, 1.165) is 32.1 Å². The number of carbonyl (C=O) groups is 3. The van der Waals surface area contributed by atoms with Crippen LogP contribution in [0.25, 0.3) is 0 Å². The molecule has 30 heavy (non-hydrogen) atoms. The Hall–Kier alpha value is -3.35. The summed E-state index contributed by atoms with van der Waals surface area (Å²) < 4.78 is 10.5. The largest absolute Gasteiger partial charge is 0.493 e. The van der Waals surface area contributed by atoms with Gasteiger partial charge in [0.2, 0.25) is 0 Å². The molecular weight excluding hydrogens is 384 g/mol. The summed E-state index contributed by atoms with van der Waals surface area (Å²) in [7, 11) is 3.06. The number of carbonyl (C=O) groups excluding carboxylic acids is 3. The molecule has 1 heterocycles. The second-order valence-corrected chi connectivity index (χ2v) is 7.56. The topological polar surface area (TPSA) is 84.9 Å². The van der Waals surface area contributed by atoms with Crippen molar-refractivity contribution in [2.75, 3.05) is 19.5 Å². The van der Waals surface area contributed by atoms with Gasteiger partial charge >= 0.3 is 0 Å². The van der Waals surface area contributed by atoms with Gasteiger partial charge in [0.1, 0.15) is 0 Å². The van der Waals surface area contributed by atoms with Crippen molar-refractivity contribution in [1.29, 1.82) is 0 Å². The highest BCUT2D eigenvalue weighted by molar-refractivity contribution is 6.22. The van der Waals surface area contributed by atoms with E-state index in [2.05, 4.69) is 5.32 Å². The van der Waals surface area contributed by atoms with Crippen LogP contribution in [0.4, 0.5) is 5.69 Å². The summed E-state index contributed by atoms with van der Waals surface area (Å²) >= 11 is 0. The van der Waals surface area contributed by atoms with Crippen molar-refractivity contribution in [1.82, 2.24) is 4.90 Å². The molecule has 4 rings (SSSR count). The van der Waals surface area contributed by atoms with E-state index in [9.17, 15) is 14.4 Å². The summed E-state index contributed by atoms with van der Waals surface area (Å²) in [6, 6.07) is 9.66. The molecule has 1 fully saturated rings. The van der Waals surface area contributed by atoms with E-state index in [1.54, 1.807) is 30.3 Å². The summed E-state index contributed by atoms with van der Waals surface area (Å²) in [6.45, 7) is 0. The van der Waals surface area contributed by atoms with Gasteiger partial charge in [-0.2, -0.15) is 0 Å². The van der Waals surface area contributed by atoms with Gasteiger partial charge in [-0.15, -0.1) is 0 Å². The van der Waals surface area contributed by atoms with Crippen LogP contribution in [0.5, 0.6) is 11.5 Å². The van der Waals surface area contributed by atoms with E-state index in [4.69, 9.17) is 9.47 Å². The van der Waals surface area contributed by atoms with E-state index >= 15 is 0 Å². The molecule has 7 heteroatoms. The molecule has 1 saturated carbocycles. The molecule has 0 atom stereocenters. The first-order valence-corrected chi connectivity index (χ1v) is 10.1. The quantitative estimate of drug-likeness (QED) is 0.759. The highest BCUT2D eigenvalue weighted by Crippen LogP contribution is 2.32. The molecule has 2 aromatic rings. The third kappa shape index (κ3) is 3.51. The molecule has 3 amide bonds. The van der Waals surface area contributed by atoms with Gasteiger partial charge < -0.3 is 14.8 Å². The van der Waals surface area contributed by atoms with Crippen molar-refractivity contribution < 1.29 is 23.9 Å². The van der Waals surface area contributed by atoms with Crippen molar-refractivity contribution in [2.24, 2.45) is 0 Å².